The fourth-order valence-electron chi connectivity index (χ4n) is 10.1. The number of amides is 4. The minimum absolute atomic E-state index is 0.0859. The normalized spacial score (nSPS) is 24.3. The van der Waals surface area contributed by atoms with Crippen molar-refractivity contribution in [2.75, 3.05) is 92.2 Å². The van der Waals surface area contributed by atoms with Crippen LogP contribution in [0.15, 0.2) is 54.7 Å². The number of piperazine rings is 1. The van der Waals surface area contributed by atoms with Crippen LogP contribution in [0.4, 0.5) is 28.6 Å². The van der Waals surface area contributed by atoms with Crippen LogP contribution >= 0.6 is 11.6 Å². The molecule has 9 rings (SSSR count). The lowest BCUT2D eigenvalue weighted by atomic mass is 9.76. The van der Waals surface area contributed by atoms with E-state index in [4.69, 9.17) is 27.9 Å². The molecule has 0 radical (unpaired) electrons. The molecule has 1 spiro atoms. The average Bonchev–Trinajstić information content (AvgIpc) is 3.67. The van der Waals surface area contributed by atoms with Crippen LogP contribution in [0.5, 0.6) is 0 Å². The van der Waals surface area contributed by atoms with Crippen molar-refractivity contribution < 1.29 is 23.9 Å². The fourth-order valence-corrected chi connectivity index (χ4v) is 10.3. The molecule has 6 aliphatic heterocycles. The Labute approximate surface area is 343 Å². The Morgan fingerprint density at radius 2 is 1.59 bits per heavy atom. The Hall–Kier alpha value is -5.23. The highest BCUT2D eigenvalue weighted by Gasteiger charge is 2.48. The summed E-state index contributed by atoms with van der Waals surface area (Å²) in [4.78, 5) is 72.0. The van der Waals surface area contributed by atoms with Crippen molar-refractivity contribution in [1.29, 1.82) is 0 Å². The summed E-state index contributed by atoms with van der Waals surface area (Å²) < 4.78 is 6.10. The minimum Gasteiger partial charge on any atom is -0.373 e. The topological polar surface area (TPSA) is 126 Å². The van der Waals surface area contributed by atoms with Crippen LogP contribution in [-0.2, 0) is 14.3 Å². The van der Waals surface area contributed by atoms with Gasteiger partial charge in [0.1, 0.15) is 17.5 Å². The molecule has 5 saturated heterocycles. The molecule has 6 aliphatic rings. The number of benzene rings is 2. The molecular weight excluding hydrogens is 758 g/mol. The van der Waals surface area contributed by atoms with E-state index in [9.17, 15) is 19.2 Å². The van der Waals surface area contributed by atoms with Gasteiger partial charge in [0, 0.05) is 88.3 Å². The van der Waals surface area contributed by atoms with Gasteiger partial charge in [-0.1, -0.05) is 17.7 Å². The zero-order valence-corrected chi connectivity index (χ0v) is 33.7. The molecule has 58 heavy (non-hydrogen) atoms. The molecule has 0 saturated carbocycles. The van der Waals surface area contributed by atoms with Crippen LogP contribution in [0.3, 0.4) is 0 Å². The van der Waals surface area contributed by atoms with Crippen molar-refractivity contribution in [2.45, 2.75) is 56.7 Å². The summed E-state index contributed by atoms with van der Waals surface area (Å²) in [6, 6.07) is 14.9. The molecule has 0 bridgehead atoms. The van der Waals surface area contributed by atoms with Gasteiger partial charge in [-0.3, -0.25) is 34.3 Å². The lowest BCUT2D eigenvalue weighted by Crippen LogP contribution is -2.68. The summed E-state index contributed by atoms with van der Waals surface area (Å²) in [6.45, 7) is 18.2. The zero-order chi connectivity index (χ0) is 40.3. The predicted octanol–water partition coefficient (Wildman–Crippen LogP) is 4.60. The van der Waals surface area contributed by atoms with Gasteiger partial charge in [0.05, 0.1) is 42.7 Å². The molecule has 5 fully saturated rings. The van der Waals surface area contributed by atoms with E-state index in [-0.39, 0.29) is 35.0 Å². The molecule has 14 nitrogen and oxygen atoms in total. The molecule has 2 atom stereocenters. The van der Waals surface area contributed by atoms with E-state index < -0.39 is 29.7 Å². The molecule has 4 amide bonds. The van der Waals surface area contributed by atoms with Crippen LogP contribution < -0.4 is 24.9 Å². The average molecular weight is 806 g/mol. The Bertz CT molecular complexity index is 2190. The van der Waals surface area contributed by atoms with E-state index in [0.717, 1.165) is 93.7 Å². The van der Waals surface area contributed by atoms with Crippen LogP contribution in [0, 0.1) is 12.0 Å². The summed E-state index contributed by atoms with van der Waals surface area (Å²) in [5.74, 6) is -1.02. The molecule has 7 heterocycles. The van der Waals surface area contributed by atoms with Gasteiger partial charge in [-0.25, -0.2) is 9.83 Å². The van der Waals surface area contributed by atoms with Gasteiger partial charge in [-0.05, 0) is 80.5 Å². The number of anilines is 4. The van der Waals surface area contributed by atoms with E-state index in [1.54, 1.807) is 19.2 Å². The number of carbonyl (C=O) groups excluding carboxylic acids is 4. The van der Waals surface area contributed by atoms with Crippen molar-refractivity contribution in [3.63, 3.8) is 0 Å². The first-order valence-electron chi connectivity index (χ1n) is 20.3. The van der Waals surface area contributed by atoms with E-state index in [1.807, 2.05) is 30.5 Å². The highest BCUT2D eigenvalue weighted by Crippen LogP contribution is 2.46. The molecule has 2 aromatic carbocycles. The van der Waals surface area contributed by atoms with Gasteiger partial charge in [-0.2, -0.15) is 0 Å². The third kappa shape index (κ3) is 6.82. The number of hydrogen-bond acceptors (Lipinski definition) is 11. The zero-order valence-electron chi connectivity index (χ0n) is 33.0. The number of ether oxygens (including phenoxy) is 1. The Morgan fingerprint density at radius 3 is 2.26 bits per heavy atom. The maximum atomic E-state index is 13.4. The summed E-state index contributed by atoms with van der Waals surface area (Å²) >= 11 is 6.40. The molecule has 1 aromatic heterocycles. The van der Waals surface area contributed by atoms with Crippen LogP contribution in [-0.4, -0.2) is 129 Å². The number of rotatable bonds is 8. The number of aromatic nitrogens is 1. The maximum Gasteiger partial charge on any atom is 0.262 e. The largest absolute Gasteiger partial charge is 0.373 e. The number of halogens is 1. The summed E-state index contributed by atoms with van der Waals surface area (Å²) in [7, 11) is 1.75. The first kappa shape index (κ1) is 38.3. The molecule has 15 heteroatoms. The van der Waals surface area contributed by atoms with Gasteiger partial charge in [0.25, 0.3) is 11.8 Å². The number of pyridine rings is 1. The molecule has 1 unspecified atom stereocenters. The molecule has 0 aliphatic carbocycles. The van der Waals surface area contributed by atoms with Crippen molar-refractivity contribution in [1.82, 2.24) is 20.1 Å². The summed E-state index contributed by atoms with van der Waals surface area (Å²) in [5, 5.41) is 2.77. The smallest absolute Gasteiger partial charge is 0.262 e. The minimum atomic E-state index is -0.985. The second-order valence-electron chi connectivity index (χ2n) is 17.0. The number of carbonyl (C=O) groups is 4. The van der Waals surface area contributed by atoms with Gasteiger partial charge < -0.3 is 24.3 Å². The van der Waals surface area contributed by atoms with Crippen molar-refractivity contribution in [2.24, 2.45) is 5.41 Å². The SMILES string of the molecule is [C-]#[N+]c1ccc(N2CC3(CCN(c4ccc(N5CCN(CC6(OC)CN(c7ccc8c(c7)C(=O)N(C7CCC(=O)NC7=O)C8=O)C6)CC5)nc4)CC3)C[C@@H]2C)cc1Cl. The first-order valence-corrected chi connectivity index (χ1v) is 20.6. The lowest BCUT2D eigenvalue weighted by Gasteiger charge is -2.52. The third-order valence-electron chi connectivity index (χ3n) is 13.5. The van der Waals surface area contributed by atoms with Crippen LogP contribution in [0.1, 0.15) is 59.7 Å². The molecule has 3 aromatic rings. The highest BCUT2D eigenvalue weighted by molar-refractivity contribution is 6.33. The highest BCUT2D eigenvalue weighted by atomic mass is 35.5. The number of imide groups is 2. The number of piperidine rings is 2. The number of fused-ring (bicyclic) bond motifs is 1. The Balaban J connectivity index is 0.750. The van der Waals surface area contributed by atoms with Crippen LogP contribution in [0.2, 0.25) is 5.02 Å². The second kappa shape index (κ2) is 14.9. The summed E-state index contributed by atoms with van der Waals surface area (Å²) in [5.41, 5.74) is 4.08. The van der Waals surface area contributed by atoms with E-state index >= 15 is 0 Å². The molecular formula is C43H48ClN9O5. The monoisotopic (exact) mass is 805 g/mol. The first-order chi connectivity index (χ1) is 28.0. The van der Waals surface area contributed by atoms with Crippen molar-refractivity contribution in [3.8, 4) is 0 Å². The maximum absolute atomic E-state index is 13.4. The predicted molar refractivity (Wildman–Crippen MR) is 221 cm³/mol. The van der Waals surface area contributed by atoms with Gasteiger partial charge >= 0.3 is 0 Å². The molecule has 1 N–H and O–H groups in total. The third-order valence-corrected chi connectivity index (χ3v) is 13.8. The van der Waals surface area contributed by atoms with Crippen molar-refractivity contribution in [3.05, 3.63) is 82.3 Å². The van der Waals surface area contributed by atoms with Gasteiger partial charge in [-0.15, -0.1) is 0 Å². The Kier molecular flexibility index (Phi) is 9.81. The fraction of sp³-hybridized carbons (Fsp3) is 0.488. The van der Waals surface area contributed by atoms with Crippen LogP contribution in [0.25, 0.3) is 4.85 Å². The quantitative estimate of drug-likeness (QED) is 0.254. The second-order valence-corrected chi connectivity index (χ2v) is 17.4. The standard InChI is InChI=1S/C43H48ClN9O5/c1-28-22-42(24-52(28)30-5-8-35(45-2)34(44)21-30)12-14-49(15-13-42)31-6-10-37(46-23-31)50-18-16-48(17-19-50)25-43(58-3)26-51(27-43)29-4-7-32-33(20-29)41(57)53(40(32)56)36-9-11-38(54)47-39(36)55/h4-8,10,20-21,23,28,36H,9,11-19,22,24-27H2,1,3H3,(H,47,54,55)/t28-,36?/m0/s1. The molecule has 302 valence electrons. The van der Waals surface area contributed by atoms with E-state index in [0.29, 0.717) is 29.8 Å². The number of nitrogens with one attached hydrogen (secondary N) is 1. The lowest BCUT2D eigenvalue weighted by molar-refractivity contribution is -0.136. The number of methoxy groups -OCH3 is 1. The summed E-state index contributed by atoms with van der Waals surface area (Å²) in [6.07, 6.45) is 5.66. The van der Waals surface area contributed by atoms with Crippen molar-refractivity contribution >= 4 is 63.8 Å². The van der Waals surface area contributed by atoms with E-state index in [1.165, 1.54) is 5.69 Å². The number of nitrogens with zero attached hydrogens (tertiary/aromatic N) is 8. The number of hydrogen-bond donors (Lipinski definition) is 1. The van der Waals surface area contributed by atoms with Gasteiger partial charge in [0.15, 0.2) is 0 Å². The van der Waals surface area contributed by atoms with Gasteiger partial charge in [0.2, 0.25) is 17.5 Å². The van der Waals surface area contributed by atoms with E-state index in [2.05, 4.69) is 53.7 Å². The Morgan fingerprint density at radius 1 is 0.862 bits per heavy atom.